The standard InChI is InChI=1S/C22H24ClN3OS2/c1-15-3-8-19-21(16(15)2)24-22(29-19)26-12-10-25(11-13-26)20(27)9-14-28-18-6-4-17(23)5-7-18/h3-8H,9-14H2,1-2H3. The number of anilines is 1. The maximum absolute atomic E-state index is 12.6. The molecule has 0 atom stereocenters. The number of carbonyl (C=O) groups excluding carboxylic acids is 1. The van der Waals surface area contributed by atoms with Crippen LogP contribution in [0, 0.1) is 13.8 Å². The SMILES string of the molecule is Cc1ccc2sc(N3CCN(C(=O)CCSc4ccc(Cl)cc4)CC3)nc2c1C. The van der Waals surface area contributed by atoms with Crippen molar-refractivity contribution in [3.8, 4) is 0 Å². The van der Waals surface area contributed by atoms with Gasteiger partial charge in [-0.3, -0.25) is 4.79 Å². The summed E-state index contributed by atoms with van der Waals surface area (Å²) in [6.45, 7) is 7.47. The lowest BCUT2D eigenvalue weighted by Crippen LogP contribution is -2.48. The number of thioether (sulfide) groups is 1. The van der Waals surface area contributed by atoms with E-state index in [-0.39, 0.29) is 5.91 Å². The number of amides is 1. The molecule has 1 aliphatic rings. The summed E-state index contributed by atoms with van der Waals surface area (Å²) in [7, 11) is 0. The first-order valence-electron chi connectivity index (χ1n) is 9.79. The van der Waals surface area contributed by atoms with Gasteiger partial charge in [0.15, 0.2) is 5.13 Å². The Bertz CT molecular complexity index is 1010. The van der Waals surface area contributed by atoms with E-state index in [9.17, 15) is 4.79 Å². The minimum atomic E-state index is 0.238. The molecule has 2 aromatic carbocycles. The van der Waals surface area contributed by atoms with E-state index in [0.29, 0.717) is 6.42 Å². The first-order valence-corrected chi connectivity index (χ1v) is 12.0. The summed E-state index contributed by atoms with van der Waals surface area (Å²) >= 11 is 9.36. The van der Waals surface area contributed by atoms with Gasteiger partial charge >= 0.3 is 0 Å². The van der Waals surface area contributed by atoms with Crippen molar-refractivity contribution >= 4 is 56.0 Å². The van der Waals surface area contributed by atoms with Gasteiger partial charge < -0.3 is 9.80 Å². The Morgan fingerprint density at radius 3 is 2.55 bits per heavy atom. The summed E-state index contributed by atoms with van der Waals surface area (Å²) in [6.07, 6.45) is 0.562. The molecule has 7 heteroatoms. The molecule has 0 bridgehead atoms. The Hall–Kier alpha value is -1.76. The first-order chi connectivity index (χ1) is 14.0. The van der Waals surface area contributed by atoms with Gasteiger partial charge in [0.05, 0.1) is 10.2 Å². The second-order valence-electron chi connectivity index (χ2n) is 7.27. The Labute approximate surface area is 184 Å². The van der Waals surface area contributed by atoms with Crippen molar-refractivity contribution in [1.29, 1.82) is 0 Å². The number of rotatable bonds is 5. The molecule has 0 N–H and O–H groups in total. The number of hydrogen-bond donors (Lipinski definition) is 0. The van der Waals surface area contributed by atoms with Crippen molar-refractivity contribution in [3.05, 3.63) is 52.5 Å². The van der Waals surface area contributed by atoms with Crippen molar-refractivity contribution in [2.75, 3.05) is 36.8 Å². The highest BCUT2D eigenvalue weighted by Gasteiger charge is 2.23. The zero-order valence-electron chi connectivity index (χ0n) is 16.7. The van der Waals surface area contributed by atoms with E-state index in [4.69, 9.17) is 16.6 Å². The molecule has 1 saturated heterocycles. The molecule has 3 aromatic rings. The van der Waals surface area contributed by atoms with Crippen LogP contribution < -0.4 is 4.90 Å². The van der Waals surface area contributed by atoms with Crippen LogP contribution in [0.15, 0.2) is 41.3 Å². The van der Waals surface area contributed by atoms with Gasteiger partial charge in [-0.1, -0.05) is 29.0 Å². The molecule has 1 fully saturated rings. The molecule has 1 aliphatic heterocycles. The molecule has 2 heterocycles. The van der Waals surface area contributed by atoms with Gasteiger partial charge in [-0.15, -0.1) is 11.8 Å². The predicted octanol–water partition coefficient (Wildman–Crippen LogP) is 5.40. The predicted molar refractivity (Wildman–Crippen MR) is 125 cm³/mol. The summed E-state index contributed by atoms with van der Waals surface area (Å²) in [4.78, 5) is 22.9. The van der Waals surface area contributed by atoms with Crippen molar-refractivity contribution in [3.63, 3.8) is 0 Å². The highest BCUT2D eigenvalue weighted by molar-refractivity contribution is 7.99. The van der Waals surface area contributed by atoms with Gasteiger partial charge in [0.2, 0.25) is 5.91 Å². The lowest BCUT2D eigenvalue weighted by molar-refractivity contribution is -0.131. The van der Waals surface area contributed by atoms with Crippen LogP contribution in [0.25, 0.3) is 10.2 Å². The van der Waals surface area contributed by atoms with Gasteiger partial charge in [-0.05, 0) is 55.3 Å². The number of halogens is 1. The number of piperazine rings is 1. The maximum atomic E-state index is 12.6. The fraction of sp³-hybridized carbons (Fsp3) is 0.364. The van der Waals surface area contributed by atoms with Crippen molar-refractivity contribution < 1.29 is 4.79 Å². The largest absolute Gasteiger partial charge is 0.345 e. The van der Waals surface area contributed by atoms with Gasteiger partial charge in [0.1, 0.15) is 0 Å². The van der Waals surface area contributed by atoms with Crippen LogP contribution in [0.5, 0.6) is 0 Å². The van der Waals surface area contributed by atoms with E-state index in [0.717, 1.165) is 52.5 Å². The monoisotopic (exact) mass is 445 g/mol. The summed E-state index contributed by atoms with van der Waals surface area (Å²) in [5.74, 6) is 1.03. The minimum absolute atomic E-state index is 0.238. The number of hydrogen-bond acceptors (Lipinski definition) is 5. The first kappa shape index (κ1) is 20.5. The van der Waals surface area contributed by atoms with Crippen LogP contribution in [0.2, 0.25) is 5.02 Å². The summed E-state index contributed by atoms with van der Waals surface area (Å²) in [5, 5.41) is 1.81. The Morgan fingerprint density at radius 2 is 1.83 bits per heavy atom. The fourth-order valence-electron chi connectivity index (χ4n) is 3.44. The lowest BCUT2D eigenvalue weighted by Gasteiger charge is -2.34. The van der Waals surface area contributed by atoms with E-state index in [1.54, 1.807) is 23.1 Å². The average Bonchev–Trinajstić information content (AvgIpc) is 3.17. The topological polar surface area (TPSA) is 36.4 Å². The normalized spacial score (nSPS) is 14.6. The van der Waals surface area contributed by atoms with Crippen molar-refractivity contribution in [2.24, 2.45) is 0 Å². The van der Waals surface area contributed by atoms with Gasteiger partial charge in [0.25, 0.3) is 0 Å². The number of carbonyl (C=O) groups is 1. The molecule has 1 amide bonds. The van der Waals surface area contributed by atoms with Gasteiger partial charge in [-0.25, -0.2) is 4.98 Å². The van der Waals surface area contributed by atoms with Crippen LogP contribution in [-0.2, 0) is 4.79 Å². The molecule has 4 rings (SSSR count). The second-order valence-corrected chi connectivity index (χ2v) is 9.88. The third-order valence-corrected chi connectivity index (χ3v) is 7.72. The zero-order chi connectivity index (χ0) is 20.4. The van der Waals surface area contributed by atoms with E-state index in [1.165, 1.54) is 15.8 Å². The number of fused-ring (bicyclic) bond motifs is 1. The Morgan fingerprint density at radius 1 is 1.10 bits per heavy atom. The number of benzene rings is 2. The van der Waals surface area contributed by atoms with E-state index >= 15 is 0 Å². The Balaban J connectivity index is 1.29. The molecule has 29 heavy (non-hydrogen) atoms. The summed E-state index contributed by atoms with van der Waals surface area (Å²) in [6, 6.07) is 12.1. The number of aryl methyl sites for hydroxylation is 2. The molecule has 0 unspecified atom stereocenters. The van der Waals surface area contributed by atoms with Crippen LogP contribution in [0.4, 0.5) is 5.13 Å². The lowest BCUT2D eigenvalue weighted by atomic mass is 10.1. The second kappa shape index (κ2) is 8.94. The average molecular weight is 446 g/mol. The molecular weight excluding hydrogens is 422 g/mol. The molecule has 152 valence electrons. The molecule has 0 radical (unpaired) electrons. The third kappa shape index (κ3) is 4.71. The van der Waals surface area contributed by atoms with E-state index < -0.39 is 0 Å². The van der Waals surface area contributed by atoms with Gasteiger partial charge in [0, 0.05) is 48.3 Å². The molecular formula is C22H24ClN3OS2. The summed E-state index contributed by atoms with van der Waals surface area (Å²) < 4.78 is 1.24. The highest BCUT2D eigenvalue weighted by Crippen LogP contribution is 2.32. The number of nitrogens with zero attached hydrogens (tertiary/aromatic N) is 3. The quantitative estimate of drug-likeness (QED) is 0.493. The van der Waals surface area contributed by atoms with Crippen LogP contribution >= 0.6 is 34.7 Å². The number of aromatic nitrogens is 1. The number of thiazole rings is 1. The van der Waals surface area contributed by atoms with Gasteiger partial charge in [-0.2, -0.15) is 0 Å². The smallest absolute Gasteiger partial charge is 0.223 e. The molecule has 0 saturated carbocycles. The third-order valence-electron chi connectivity index (χ3n) is 5.37. The van der Waals surface area contributed by atoms with Crippen LogP contribution in [0.1, 0.15) is 17.5 Å². The molecule has 0 spiro atoms. The van der Waals surface area contributed by atoms with Crippen molar-refractivity contribution in [2.45, 2.75) is 25.2 Å². The fourth-order valence-corrected chi connectivity index (χ4v) is 5.49. The van der Waals surface area contributed by atoms with E-state index in [2.05, 4.69) is 30.9 Å². The molecule has 4 nitrogen and oxygen atoms in total. The zero-order valence-corrected chi connectivity index (χ0v) is 19.0. The van der Waals surface area contributed by atoms with Crippen LogP contribution in [-0.4, -0.2) is 47.7 Å². The molecule has 1 aromatic heterocycles. The highest BCUT2D eigenvalue weighted by atomic mass is 35.5. The summed E-state index contributed by atoms with van der Waals surface area (Å²) in [5.41, 5.74) is 3.65. The van der Waals surface area contributed by atoms with E-state index in [1.807, 2.05) is 29.2 Å². The van der Waals surface area contributed by atoms with Crippen LogP contribution in [0.3, 0.4) is 0 Å². The Kier molecular flexibility index (Phi) is 6.32. The maximum Gasteiger partial charge on any atom is 0.223 e. The van der Waals surface area contributed by atoms with Crippen molar-refractivity contribution in [1.82, 2.24) is 9.88 Å². The molecule has 0 aliphatic carbocycles. The minimum Gasteiger partial charge on any atom is -0.345 e.